The second-order valence-electron chi connectivity index (χ2n) is 10.6. The van der Waals surface area contributed by atoms with Gasteiger partial charge in [-0.05, 0) is 63.1 Å². The van der Waals surface area contributed by atoms with Crippen molar-refractivity contribution in [2.45, 2.75) is 39.2 Å². The summed E-state index contributed by atoms with van der Waals surface area (Å²) in [4.78, 5) is 34.3. The minimum Gasteiger partial charge on any atom is -0.444 e. The van der Waals surface area contributed by atoms with Crippen molar-refractivity contribution in [1.82, 2.24) is 19.8 Å². The maximum Gasteiger partial charge on any atom is 0.573 e. The van der Waals surface area contributed by atoms with E-state index in [-0.39, 0.29) is 24.1 Å². The van der Waals surface area contributed by atoms with Gasteiger partial charge in [-0.1, -0.05) is 6.08 Å². The molecular weight excluding hydrogens is 560 g/mol. The van der Waals surface area contributed by atoms with Gasteiger partial charge in [-0.25, -0.2) is 14.2 Å². The number of H-pyrrole nitrogens is 1. The summed E-state index contributed by atoms with van der Waals surface area (Å²) in [5, 5.41) is 0.677. The maximum atomic E-state index is 14.4. The highest BCUT2D eigenvalue weighted by Crippen LogP contribution is 2.31. The first-order chi connectivity index (χ1) is 19.8. The lowest BCUT2D eigenvalue weighted by Gasteiger charge is -2.29. The molecule has 13 heteroatoms. The molecule has 0 aliphatic carbocycles. The molecule has 0 saturated carbocycles. The molecule has 2 amide bonds. The van der Waals surface area contributed by atoms with Crippen LogP contribution in [0.5, 0.6) is 5.75 Å². The lowest BCUT2D eigenvalue weighted by Crippen LogP contribution is -2.43. The summed E-state index contributed by atoms with van der Waals surface area (Å²) in [6.45, 7) is 8.71. The van der Waals surface area contributed by atoms with E-state index in [4.69, 9.17) is 9.47 Å². The van der Waals surface area contributed by atoms with Crippen LogP contribution in [-0.2, 0) is 9.47 Å². The van der Waals surface area contributed by atoms with E-state index in [0.717, 1.165) is 23.9 Å². The normalized spacial score (nSPS) is 15.9. The van der Waals surface area contributed by atoms with E-state index in [1.165, 1.54) is 12.1 Å². The molecule has 0 unspecified atom stereocenters. The van der Waals surface area contributed by atoms with E-state index in [1.54, 1.807) is 28.1 Å². The van der Waals surface area contributed by atoms with Crippen molar-refractivity contribution in [2.75, 3.05) is 39.4 Å². The number of amides is 2. The first-order valence-corrected chi connectivity index (χ1v) is 13.3. The van der Waals surface area contributed by atoms with Crippen molar-refractivity contribution in [3.05, 3.63) is 65.7 Å². The van der Waals surface area contributed by atoms with Crippen LogP contribution in [0.15, 0.2) is 48.8 Å². The molecule has 42 heavy (non-hydrogen) atoms. The molecule has 0 atom stereocenters. The van der Waals surface area contributed by atoms with Crippen LogP contribution >= 0.6 is 0 Å². The average molecular weight is 593 g/mol. The average Bonchev–Trinajstić information content (AvgIpc) is 3.41. The van der Waals surface area contributed by atoms with Gasteiger partial charge in [0.2, 0.25) is 0 Å². The van der Waals surface area contributed by atoms with Gasteiger partial charge in [0, 0.05) is 48.9 Å². The van der Waals surface area contributed by atoms with E-state index in [1.807, 2.05) is 20.8 Å². The summed E-state index contributed by atoms with van der Waals surface area (Å²) in [5.41, 5.74) is 1.68. The number of carbonyl (C=O) groups is 2. The Morgan fingerprint density at radius 3 is 2.29 bits per heavy atom. The van der Waals surface area contributed by atoms with Crippen LogP contribution in [0, 0.1) is 5.82 Å². The number of carbonyl (C=O) groups excluding carboxylic acids is 2. The Morgan fingerprint density at radius 2 is 1.69 bits per heavy atom. The Morgan fingerprint density at radius 1 is 1.00 bits per heavy atom. The van der Waals surface area contributed by atoms with E-state index in [2.05, 4.69) is 14.7 Å². The van der Waals surface area contributed by atoms with Gasteiger partial charge in [-0.2, -0.15) is 0 Å². The summed E-state index contributed by atoms with van der Waals surface area (Å²) in [6, 6.07) is 6.52. The van der Waals surface area contributed by atoms with Crippen LogP contribution in [0.25, 0.3) is 16.6 Å². The van der Waals surface area contributed by atoms with Crippen molar-refractivity contribution < 1.29 is 41.4 Å². The zero-order valence-electron chi connectivity index (χ0n) is 23.5. The number of halogens is 4. The zero-order valence-corrected chi connectivity index (χ0v) is 23.5. The Hall–Kier alpha value is -4.13. The molecule has 5 rings (SSSR count). The second kappa shape index (κ2) is 12.8. The fourth-order valence-electron chi connectivity index (χ4n) is 4.44. The van der Waals surface area contributed by atoms with Gasteiger partial charge in [0.05, 0.1) is 19.4 Å². The number of alkyl halides is 3. The standard InChI is InChI=1S/C20H15F4N3O2.C9H17NO3/c21-16-11-26-18-15(5-8-25-18)17(16)12-6-9-27(10-7-12)19(28)13-1-3-14(4-2-13)29-20(22,23)24;1-9(2,3)13-8(11)10-4-6-12-7-5-10/h1-6,8,11H,7,9-10H2,(H,25,26);4-7H2,1-3H3. The largest absolute Gasteiger partial charge is 0.573 e. The number of hydrogen-bond donors (Lipinski definition) is 1. The number of aromatic nitrogens is 2. The number of morpholine rings is 1. The number of benzene rings is 1. The molecule has 1 aromatic carbocycles. The molecule has 0 spiro atoms. The number of hydrogen-bond acceptors (Lipinski definition) is 6. The van der Waals surface area contributed by atoms with Crippen LogP contribution in [0.1, 0.15) is 43.1 Å². The first kappa shape index (κ1) is 30.8. The molecule has 226 valence electrons. The van der Waals surface area contributed by atoms with E-state index in [0.29, 0.717) is 55.9 Å². The Balaban J connectivity index is 0.000000262. The van der Waals surface area contributed by atoms with Gasteiger partial charge in [0.15, 0.2) is 0 Å². The third kappa shape index (κ3) is 8.21. The molecular formula is C29H32F4N4O5. The van der Waals surface area contributed by atoms with Gasteiger partial charge in [0.25, 0.3) is 5.91 Å². The minimum atomic E-state index is -4.79. The molecule has 2 aliphatic heterocycles. The maximum absolute atomic E-state index is 14.4. The third-order valence-corrected chi connectivity index (χ3v) is 6.36. The zero-order chi connectivity index (χ0) is 30.5. The number of ether oxygens (including phenoxy) is 3. The molecule has 1 N–H and O–H groups in total. The number of rotatable bonds is 3. The van der Waals surface area contributed by atoms with Crippen LogP contribution in [0.3, 0.4) is 0 Å². The Bertz CT molecular complexity index is 1420. The monoisotopic (exact) mass is 592 g/mol. The van der Waals surface area contributed by atoms with Gasteiger partial charge in [0.1, 0.15) is 22.8 Å². The number of nitrogens with one attached hydrogen (secondary N) is 1. The fourth-order valence-corrected chi connectivity index (χ4v) is 4.44. The highest BCUT2D eigenvalue weighted by Gasteiger charge is 2.31. The molecule has 4 heterocycles. The van der Waals surface area contributed by atoms with Crippen molar-refractivity contribution >= 4 is 28.6 Å². The van der Waals surface area contributed by atoms with E-state index >= 15 is 0 Å². The predicted molar refractivity (Wildman–Crippen MR) is 146 cm³/mol. The molecule has 2 aromatic heterocycles. The van der Waals surface area contributed by atoms with Crippen LogP contribution in [0.2, 0.25) is 0 Å². The topological polar surface area (TPSA) is 97.0 Å². The molecule has 0 radical (unpaired) electrons. The van der Waals surface area contributed by atoms with Gasteiger partial charge in [-0.3, -0.25) is 4.79 Å². The van der Waals surface area contributed by atoms with E-state index < -0.39 is 23.5 Å². The molecule has 1 saturated heterocycles. The lowest BCUT2D eigenvalue weighted by atomic mass is 9.97. The molecule has 9 nitrogen and oxygen atoms in total. The lowest BCUT2D eigenvalue weighted by molar-refractivity contribution is -0.274. The summed E-state index contributed by atoms with van der Waals surface area (Å²) in [7, 11) is 0. The van der Waals surface area contributed by atoms with Crippen molar-refractivity contribution in [2.24, 2.45) is 0 Å². The van der Waals surface area contributed by atoms with Gasteiger partial charge in [-0.15, -0.1) is 13.2 Å². The third-order valence-electron chi connectivity index (χ3n) is 6.36. The number of nitrogens with zero attached hydrogens (tertiary/aromatic N) is 3. The fraction of sp³-hybridized carbons (Fsp3) is 0.414. The highest BCUT2D eigenvalue weighted by molar-refractivity contribution is 5.96. The predicted octanol–water partition coefficient (Wildman–Crippen LogP) is 5.78. The Kier molecular flexibility index (Phi) is 9.40. The summed E-state index contributed by atoms with van der Waals surface area (Å²) < 4.78 is 65.2. The van der Waals surface area contributed by atoms with Crippen LogP contribution in [-0.4, -0.2) is 83.1 Å². The summed E-state index contributed by atoms with van der Waals surface area (Å²) in [5.74, 6) is -1.14. The van der Waals surface area contributed by atoms with Crippen LogP contribution in [0.4, 0.5) is 22.4 Å². The molecule has 1 fully saturated rings. The van der Waals surface area contributed by atoms with Gasteiger partial charge >= 0.3 is 12.5 Å². The minimum absolute atomic E-state index is 0.240. The quantitative estimate of drug-likeness (QED) is 0.387. The number of pyridine rings is 1. The second-order valence-corrected chi connectivity index (χ2v) is 10.6. The molecule has 0 bridgehead atoms. The summed E-state index contributed by atoms with van der Waals surface area (Å²) >= 11 is 0. The van der Waals surface area contributed by atoms with E-state index in [9.17, 15) is 27.2 Å². The highest BCUT2D eigenvalue weighted by atomic mass is 19.4. The Labute approximate surface area is 240 Å². The summed E-state index contributed by atoms with van der Waals surface area (Å²) in [6.07, 6.45) is 0.0570. The SMILES string of the molecule is CC(C)(C)OC(=O)N1CCOCC1.O=C(c1ccc(OC(F)(F)F)cc1)N1CC=C(c2c(F)cnc3[nH]ccc23)CC1. The molecule has 3 aromatic rings. The van der Waals surface area contributed by atoms with Crippen LogP contribution < -0.4 is 4.74 Å². The smallest absolute Gasteiger partial charge is 0.444 e. The van der Waals surface area contributed by atoms with Crippen molar-refractivity contribution in [3.8, 4) is 5.75 Å². The molecule has 2 aliphatic rings. The van der Waals surface area contributed by atoms with Crippen molar-refractivity contribution in [1.29, 1.82) is 0 Å². The van der Waals surface area contributed by atoms with Crippen molar-refractivity contribution in [3.63, 3.8) is 0 Å². The first-order valence-electron chi connectivity index (χ1n) is 13.3. The number of aromatic amines is 1. The number of fused-ring (bicyclic) bond motifs is 1. The van der Waals surface area contributed by atoms with Gasteiger partial charge < -0.3 is 29.0 Å².